The average molecular weight is 206 g/mol. The zero-order valence-electron chi connectivity index (χ0n) is 8.36. The molecule has 1 saturated carbocycles. The van der Waals surface area contributed by atoms with Gasteiger partial charge < -0.3 is 16.2 Å². The molecular formula is C11H14N2O2. The molecule has 1 aliphatic rings. The number of nitrogens with one attached hydrogen (secondary N) is 1. The van der Waals surface area contributed by atoms with E-state index in [2.05, 4.69) is 5.32 Å². The van der Waals surface area contributed by atoms with Crippen LogP contribution >= 0.6 is 0 Å². The Morgan fingerprint density at radius 3 is 2.80 bits per heavy atom. The van der Waals surface area contributed by atoms with E-state index in [0.717, 1.165) is 12.8 Å². The van der Waals surface area contributed by atoms with Crippen LogP contribution in [0.1, 0.15) is 12.8 Å². The van der Waals surface area contributed by atoms with Gasteiger partial charge in [0.1, 0.15) is 5.75 Å². The van der Waals surface area contributed by atoms with E-state index in [-0.39, 0.29) is 17.1 Å². The van der Waals surface area contributed by atoms with Crippen LogP contribution in [0.2, 0.25) is 0 Å². The van der Waals surface area contributed by atoms with Gasteiger partial charge in [-0.25, -0.2) is 0 Å². The van der Waals surface area contributed by atoms with Crippen molar-refractivity contribution in [3.8, 4) is 5.75 Å². The van der Waals surface area contributed by atoms with Crippen LogP contribution in [0.3, 0.4) is 0 Å². The van der Waals surface area contributed by atoms with E-state index in [1.165, 1.54) is 6.07 Å². The molecule has 0 heterocycles. The first-order valence-electron chi connectivity index (χ1n) is 4.97. The van der Waals surface area contributed by atoms with Gasteiger partial charge in [-0.2, -0.15) is 0 Å². The molecule has 4 nitrogen and oxygen atoms in total. The van der Waals surface area contributed by atoms with E-state index in [1.807, 2.05) is 0 Å². The molecule has 0 aliphatic heterocycles. The van der Waals surface area contributed by atoms with Gasteiger partial charge in [0.2, 0.25) is 5.91 Å². The van der Waals surface area contributed by atoms with Crippen molar-refractivity contribution in [3.05, 3.63) is 24.3 Å². The Hall–Kier alpha value is -1.55. The molecule has 4 N–H and O–H groups in total. The third-order valence-corrected chi connectivity index (χ3v) is 2.83. The van der Waals surface area contributed by atoms with E-state index in [9.17, 15) is 9.90 Å². The molecule has 0 unspecified atom stereocenters. The topological polar surface area (TPSA) is 75.4 Å². The third kappa shape index (κ3) is 1.94. The number of amides is 1. The van der Waals surface area contributed by atoms with Crippen molar-refractivity contribution >= 4 is 11.6 Å². The predicted octanol–water partition coefficient (Wildman–Crippen LogP) is 1.07. The summed E-state index contributed by atoms with van der Waals surface area (Å²) >= 11 is 0. The van der Waals surface area contributed by atoms with Crippen LogP contribution in [0.15, 0.2) is 24.3 Å². The minimum Gasteiger partial charge on any atom is -0.508 e. The molecule has 1 amide bonds. The number of nitrogens with two attached hydrogens (primary N) is 1. The molecule has 1 fully saturated rings. The van der Waals surface area contributed by atoms with Gasteiger partial charge in [0.25, 0.3) is 0 Å². The molecule has 0 aromatic heterocycles. The van der Waals surface area contributed by atoms with E-state index in [4.69, 9.17) is 5.73 Å². The van der Waals surface area contributed by atoms with E-state index in [0.29, 0.717) is 12.2 Å². The van der Waals surface area contributed by atoms with Gasteiger partial charge in [0.05, 0.1) is 5.41 Å². The van der Waals surface area contributed by atoms with Gasteiger partial charge >= 0.3 is 0 Å². The van der Waals surface area contributed by atoms with Crippen LogP contribution in [0.25, 0.3) is 0 Å². The number of phenols is 1. The van der Waals surface area contributed by atoms with Crippen LogP contribution in [-0.4, -0.2) is 17.6 Å². The number of benzene rings is 1. The summed E-state index contributed by atoms with van der Waals surface area (Å²) in [5.74, 6) is 0.0981. The maximum Gasteiger partial charge on any atom is 0.231 e. The quantitative estimate of drug-likeness (QED) is 0.692. The molecule has 0 bridgehead atoms. The molecule has 4 heteroatoms. The highest BCUT2D eigenvalue weighted by molar-refractivity contribution is 5.97. The van der Waals surface area contributed by atoms with Crippen LogP contribution in [0.4, 0.5) is 5.69 Å². The van der Waals surface area contributed by atoms with Crippen molar-refractivity contribution in [1.29, 1.82) is 0 Å². The van der Waals surface area contributed by atoms with Gasteiger partial charge in [-0.05, 0) is 25.0 Å². The van der Waals surface area contributed by atoms with Crippen molar-refractivity contribution in [2.45, 2.75) is 12.8 Å². The highest BCUT2D eigenvalue weighted by Crippen LogP contribution is 2.45. The fourth-order valence-electron chi connectivity index (χ4n) is 1.52. The second-order valence-corrected chi connectivity index (χ2v) is 3.99. The number of aromatic hydroxyl groups is 1. The number of hydrogen-bond donors (Lipinski definition) is 3. The monoisotopic (exact) mass is 206 g/mol. The first kappa shape index (κ1) is 9.98. The lowest BCUT2D eigenvalue weighted by Crippen LogP contribution is -2.30. The Morgan fingerprint density at radius 2 is 2.27 bits per heavy atom. The number of carbonyl (C=O) groups is 1. The first-order valence-corrected chi connectivity index (χ1v) is 4.97. The number of rotatable bonds is 3. The van der Waals surface area contributed by atoms with Gasteiger partial charge in [0.15, 0.2) is 0 Å². The molecule has 1 aromatic rings. The summed E-state index contributed by atoms with van der Waals surface area (Å²) in [6.07, 6.45) is 1.71. The van der Waals surface area contributed by atoms with Crippen molar-refractivity contribution in [3.63, 3.8) is 0 Å². The van der Waals surface area contributed by atoms with Crippen LogP contribution in [0.5, 0.6) is 5.75 Å². The van der Waals surface area contributed by atoms with Gasteiger partial charge in [-0.1, -0.05) is 6.07 Å². The molecule has 80 valence electrons. The van der Waals surface area contributed by atoms with Crippen molar-refractivity contribution in [2.75, 3.05) is 11.9 Å². The lowest BCUT2D eigenvalue weighted by molar-refractivity contribution is -0.120. The SMILES string of the molecule is NCC1(C(=O)Nc2cccc(O)c2)CC1. The van der Waals surface area contributed by atoms with Gasteiger partial charge in [-0.3, -0.25) is 4.79 Å². The summed E-state index contributed by atoms with van der Waals surface area (Å²) in [7, 11) is 0. The number of hydrogen-bond acceptors (Lipinski definition) is 3. The van der Waals surface area contributed by atoms with Crippen LogP contribution in [0, 0.1) is 5.41 Å². The lowest BCUT2D eigenvalue weighted by Gasteiger charge is -2.12. The Bertz CT molecular complexity index is 386. The number of phenolic OH excluding ortho intramolecular Hbond substituents is 1. The Labute approximate surface area is 88.1 Å². The smallest absolute Gasteiger partial charge is 0.231 e. The standard InChI is InChI=1S/C11H14N2O2/c12-7-11(4-5-11)10(15)13-8-2-1-3-9(14)6-8/h1-3,6,14H,4-5,7,12H2,(H,13,15). The van der Waals surface area contributed by atoms with Crippen molar-refractivity contribution in [2.24, 2.45) is 11.1 Å². The van der Waals surface area contributed by atoms with Crippen molar-refractivity contribution < 1.29 is 9.90 Å². The molecule has 0 atom stereocenters. The largest absolute Gasteiger partial charge is 0.508 e. The summed E-state index contributed by atoms with van der Waals surface area (Å²) in [6.45, 7) is 0.387. The van der Waals surface area contributed by atoms with E-state index in [1.54, 1.807) is 18.2 Å². The number of anilines is 1. The minimum atomic E-state index is -0.356. The Kier molecular flexibility index (Phi) is 2.36. The lowest BCUT2D eigenvalue weighted by atomic mass is 10.1. The normalized spacial score (nSPS) is 17.1. The fourth-order valence-corrected chi connectivity index (χ4v) is 1.52. The summed E-state index contributed by atoms with van der Waals surface area (Å²) in [6, 6.07) is 6.51. The highest BCUT2D eigenvalue weighted by atomic mass is 16.3. The molecule has 2 rings (SSSR count). The van der Waals surface area contributed by atoms with Crippen molar-refractivity contribution in [1.82, 2.24) is 0 Å². The second-order valence-electron chi connectivity index (χ2n) is 3.99. The maximum atomic E-state index is 11.8. The average Bonchev–Trinajstić information content (AvgIpc) is 2.98. The van der Waals surface area contributed by atoms with E-state index < -0.39 is 0 Å². The zero-order chi connectivity index (χ0) is 10.9. The number of carbonyl (C=O) groups excluding carboxylic acids is 1. The summed E-state index contributed by atoms with van der Waals surface area (Å²) < 4.78 is 0. The van der Waals surface area contributed by atoms with Gasteiger partial charge in [-0.15, -0.1) is 0 Å². The van der Waals surface area contributed by atoms with Gasteiger partial charge in [0, 0.05) is 18.3 Å². The van der Waals surface area contributed by atoms with E-state index >= 15 is 0 Å². The zero-order valence-corrected chi connectivity index (χ0v) is 8.36. The maximum absolute atomic E-state index is 11.8. The summed E-state index contributed by atoms with van der Waals surface area (Å²) in [4.78, 5) is 11.8. The minimum absolute atomic E-state index is 0.0457. The Morgan fingerprint density at radius 1 is 1.53 bits per heavy atom. The molecule has 0 spiro atoms. The second kappa shape index (κ2) is 3.55. The van der Waals surface area contributed by atoms with Crippen LogP contribution < -0.4 is 11.1 Å². The first-order chi connectivity index (χ1) is 7.16. The predicted molar refractivity (Wildman–Crippen MR) is 57.5 cm³/mol. The third-order valence-electron chi connectivity index (χ3n) is 2.83. The highest BCUT2D eigenvalue weighted by Gasteiger charge is 2.48. The fraction of sp³-hybridized carbons (Fsp3) is 0.364. The summed E-state index contributed by atoms with van der Waals surface area (Å²) in [5.41, 5.74) is 5.80. The molecular weight excluding hydrogens is 192 g/mol. The summed E-state index contributed by atoms with van der Waals surface area (Å²) in [5, 5.41) is 12.0. The Balaban J connectivity index is 2.06. The molecule has 1 aliphatic carbocycles. The van der Waals surface area contributed by atoms with Crippen LogP contribution in [-0.2, 0) is 4.79 Å². The molecule has 0 saturated heterocycles. The molecule has 0 radical (unpaired) electrons. The molecule has 15 heavy (non-hydrogen) atoms. The molecule has 1 aromatic carbocycles.